The average molecular weight is 245 g/mol. The summed E-state index contributed by atoms with van der Waals surface area (Å²) in [7, 11) is 0. The van der Waals surface area contributed by atoms with Crippen LogP contribution < -0.4 is 0 Å². The topological polar surface area (TPSA) is 33.1 Å². The molecule has 2 nitrogen and oxygen atoms in total. The standard InChI is InChI=1S/C14H15NOS/c1-10-4-3-5-13(6-10)17-14-11(2)7-12(9-16)8-15-14/h3-8,16H,9H2,1-2H3. The number of nitrogens with zero attached hydrogens (tertiary/aromatic N) is 1. The van der Waals surface area contributed by atoms with Crippen molar-refractivity contribution in [2.75, 3.05) is 0 Å². The first kappa shape index (κ1) is 12.1. The second-order valence-electron chi connectivity index (χ2n) is 4.04. The molecule has 88 valence electrons. The Morgan fingerprint density at radius 1 is 1.24 bits per heavy atom. The van der Waals surface area contributed by atoms with Gasteiger partial charge in [0.15, 0.2) is 0 Å². The van der Waals surface area contributed by atoms with Gasteiger partial charge in [-0.15, -0.1) is 0 Å². The fourth-order valence-corrected chi connectivity index (χ4v) is 2.54. The lowest BCUT2D eigenvalue weighted by Gasteiger charge is -2.06. The van der Waals surface area contributed by atoms with Gasteiger partial charge in [0, 0.05) is 11.1 Å². The van der Waals surface area contributed by atoms with Crippen molar-refractivity contribution in [2.24, 2.45) is 0 Å². The Balaban J connectivity index is 2.24. The van der Waals surface area contributed by atoms with Crippen LogP contribution in [-0.4, -0.2) is 10.1 Å². The summed E-state index contributed by atoms with van der Waals surface area (Å²) in [5.74, 6) is 0. The van der Waals surface area contributed by atoms with Crippen molar-refractivity contribution in [3.8, 4) is 0 Å². The average Bonchev–Trinajstić information content (AvgIpc) is 2.32. The van der Waals surface area contributed by atoms with E-state index in [2.05, 4.69) is 36.2 Å². The number of aryl methyl sites for hydroxylation is 2. The Kier molecular flexibility index (Phi) is 3.82. The quantitative estimate of drug-likeness (QED) is 0.900. The third-order valence-electron chi connectivity index (χ3n) is 2.47. The maximum atomic E-state index is 9.03. The molecule has 0 saturated carbocycles. The van der Waals surface area contributed by atoms with E-state index >= 15 is 0 Å². The Labute approximate surface area is 106 Å². The van der Waals surface area contributed by atoms with Gasteiger partial charge in [0.2, 0.25) is 0 Å². The molecule has 0 fully saturated rings. The summed E-state index contributed by atoms with van der Waals surface area (Å²) < 4.78 is 0. The van der Waals surface area contributed by atoms with E-state index in [1.54, 1.807) is 18.0 Å². The smallest absolute Gasteiger partial charge is 0.104 e. The Bertz CT molecular complexity index is 525. The van der Waals surface area contributed by atoms with Gasteiger partial charge in [-0.25, -0.2) is 4.98 Å². The van der Waals surface area contributed by atoms with Crippen molar-refractivity contribution in [1.29, 1.82) is 0 Å². The van der Waals surface area contributed by atoms with Gasteiger partial charge in [-0.2, -0.15) is 0 Å². The number of aromatic nitrogens is 1. The molecule has 0 aliphatic carbocycles. The van der Waals surface area contributed by atoms with Crippen molar-refractivity contribution in [3.63, 3.8) is 0 Å². The molecule has 0 aliphatic heterocycles. The molecule has 0 spiro atoms. The molecular formula is C14H15NOS. The van der Waals surface area contributed by atoms with Crippen LogP contribution in [-0.2, 0) is 6.61 Å². The van der Waals surface area contributed by atoms with Gasteiger partial charge in [0.1, 0.15) is 5.03 Å². The van der Waals surface area contributed by atoms with Gasteiger partial charge >= 0.3 is 0 Å². The third-order valence-corrected chi connectivity index (χ3v) is 3.58. The predicted molar refractivity (Wildman–Crippen MR) is 70.2 cm³/mol. The first-order chi connectivity index (χ1) is 8.19. The van der Waals surface area contributed by atoms with E-state index in [1.165, 1.54) is 10.5 Å². The Morgan fingerprint density at radius 2 is 2.06 bits per heavy atom. The van der Waals surface area contributed by atoms with Crippen LogP contribution in [0, 0.1) is 13.8 Å². The van der Waals surface area contributed by atoms with Crippen LogP contribution in [0.5, 0.6) is 0 Å². The van der Waals surface area contributed by atoms with E-state index in [1.807, 2.05) is 13.0 Å². The number of benzene rings is 1. The van der Waals surface area contributed by atoms with Gasteiger partial charge in [0.25, 0.3) is 0 Å². The number of aliphatic hydroxyl groups is 1. The number of hydrogen-bond acceptors (Lipinski definition) is 3. The van der Waals surface area contributed by atoms with E-state index in [4.69, 9.17) is 5.11 Å². The monoisotopic (exact) mass is 245 g/mol. The summed E-state index contributed by atoms with van der Waals surface area (Å²) in [6.07, 6.45) is 1.73. The molecular weight excluding hydrogens is 230 g/mol. The first-order valence-corrected chi connectivity index (χ1v) is 6.31. The largest absolute Gasteiger partial charge is 0.392 e. The summed E-state index contributed by atoms with van der Waals surface area (Å²) in [4.78, 5) is 5.57. The third kappa shape index (κ3) is 3.08. The summed E-state index contributed by atoms with van der Waals surface area (Å²) in [5, 5.41) is 10.0. The minimum absolute atomic E-state index is 0.0449. The van der Waals surface area contributed by atoms with Crippen molar-refractivity contribution in [1.82, 2.24) is 4.98 Å². The van der Waals surface area contributed by atoms with Crippen LogP contribution in [0.2, 0.25) is 0 Å². The zero-order valence-corrected chi connectivity index (χ0v) is 10.8. The van der Waals surface area contributed by atoms with Gasteiger partial charge in [-0.3, -0.25) is 0 Å². The predicted octanol–water partition coefficient (Wildman–Crippen LogP) is 3.34. The first-order valence-electron chi connectivity index (χ1n) is 5.50. The van der Waals surface area contributed by atoms with Gasteiger partial charge < -0.3 is 5.11 Å². The van der Waals surface area contributed by atoms with Crippen LogP contribution in [0.15, 0.2) is 46.5 Å². The molecule has 3 heteroatoms. The molecule has 0 unspecified atom stereocenters. The van der Waals surface area contributed by atoms with Crippen LogP contribution >= 0.6 is 11.8 Å². The SMILES string of the molecule is Cc1cccc(Sc2ncc(CO)cc2C)c1. The molecule has 0 atom stereocenters. The number of aliphatic hydroxyl groups excluding tert-OH is 1. The molecule has 0 radical (unpaired) electrons. The lowest BCUT2D eigenvalue weighted by molar-refractivity contribution is 0.281. The van der Waals surface area contributed by atoms with Crippen LogP contribution in [0.3, 0.4) is 0 Å². The molecule has 1 aromatic carbocycles. The van der Waals surface area contributed by atoms with Crippen LogP contribution in [0.25, 0.3) is 0 Å². The summed E-state index contributed by atoms with van der Waals surface area (Å²) in [5.41, 5.74) is 3.21. The molecule has 1 N–H and O–H groups in total. The molecule has 2 rings (SSSR count). The lowest BCUT2D eigenvalue weighted by atomic mass is 10.2. The van der Waals surface area contributed by atoms with E-state index in [0.29, 0.717) is 0 Å². The number of rotatable bonds is 3. The second-order valence-corrected chi connectivity index (χ2v) is 5.10. The fourth-order valence-electron chi connectivity index (χ4n) is 1.60. The van der Waals surface area contributed by atoms with Gasteiger partial charge in [-0.1, -0.05) is 29.5 Å². The van der Waals surface area contributed by atoms with E-state index < -0.39 is 0 Å². The Hall–Kier alpha value is -1.32. The van der Waals surface area contributed by atoms with Crippen molar-refractivity contribution in [3.05, 3.63) is 53.2 Å². The minimum atomic E-state index is 0.0449. The maximum absolute atomic E-state index is 9.03. The van der Waals surface area contributed by atoms with Gasteiger partial charge in [-0.05, 0) is 43.2 Å². The molecule has 2 aromatic rings. The highest BCUT2D eigenvalue weighted by molar-refractivity contribution is 7.99. The summed E-state index contributed by atoms with van der Waals surface area (Å²) in [6.45, 7) is 4.15. The lowest BCUT2D eigenvalue weighted by Crippen LogP contribution is -1.90. The van der Waals surface area contributed by atoms with Crippen LogP contribution in [0.1, 0.15) is 16.7 Å². The van der Waals surface area contributed by atoms with Gasteiger partial charge in [0.05, 0.1) is 6.61 Å². The van der Waals surface area contributed by atoms with E-state index in [-0.39, 0.29) is 6.61 Å². The van der Waals surface area contributed by atoms with Crippen molar-refractivity contribution < 1.29 is 5.11 Å². The van der Waals surface area contributed by atoms with Crippen molar-refractivity contribution >= 4 is 11.8 Å². The molecule has 0 bridgehead atoms. The van der Waals surface area contributed by atoms with Crippen molar-refractivity contribution in [2.45, 2.75) is 30.4 Å². The highest BCUT2D eigenvalue weighted by Crippen LogP contribution is 2.29. The van der Waals surface area contributed by atoms with Crippen LogP contribution in [0.4, 0.5) is 0 Å². The minimum Gasteiger partial charge on any atom is -0.392 e. The normalized spacial score (nSPS) is 10.5. The van der Waals surface area contributed by atoms with E-state index in [9.17, 15) is 0 Å². The Morgan fingerprint density at radius 3 is 2.71 bits per heavy atom. The summed E-state index contributed by atoms with van der Waals surface area (Å²) >= 11 is 1.65. The molecule has 17 heavy (non-hydrogen) atoms. The highest BCUT2D eigenvalue weighted by atomic mass is 32.2. The zero-order chi connectivity index (χ0) is 12.3. The second kappa shape index (κ2) is 5.34. The fraction of sp³-hybridized carbons (Fsp3) is 0.214. The zero-order valence-electron chi connectivity index (χ0n) is 9.97. The molecule has 0 aliphatic rings. The maximum Gasteiger partial charge on any atom is 0.104 e. The molecule has 1 heterocycles. The van der Waals surface area contributed by atoms with E-state index in [0.717, 1.165) is 16.2 Å². The molecule has 1 aromatic heterocycles. The molecule has 0 saturated heterocycles. The summed E-state index contributed by atoms with van der Waals surface area (Å²) in [6, 6.07) is 10.3. The number of hydrogen-bond donors (Lipinski definition) is 1. The molecule has 0 amide bonds. The number of pyridine rings is 1. The highest BCUT2D eigenvalue weighted by Gasteiger charge is 2.04.